The van der Waals surface area contributed by atoms with E-state index in [0.717, 1.165) is 22.9 Å². The summed E-state index contributed by atoms with van der Waals surface area (Å²) < 4.78 is 13.0. The molecule has 3 aromatic rings. The Morgan fingerprint density at radius 3 is 2.16 bits per heavy atom. The largest absolute Gasteiger partial charge is 0.366 e. The van der Waals surface area contributed by atoms with Crippen LogP contribution in [0.3, 0.4) is 0 Å². The normalized spacial score (nSPS) is 10.6. The number of nitrogens with zero attached hydrogens (tertiary/aromatic N) is 2. The van der Waals surface area contributed by atoms with Crippen LogP contribution in [-0.2, 0) is 6.54 Å². The SMILES string of the molecule is Cc1cc(C)cc(Nc2cc(NCc3ccc(F)cc3)nc(C)n2)c1. The van der Waals surface area contributed by atoms with Gasteiger partial charge in [-0.25, -0.2) is 14.4 Å². The highest BCUT2D eigenvalue weighted by Crippen LogP contribution is 2.20. The summed E-state index contributed by atoms with van der Waals surface area (Å²) in [5.74, 6) is 1.90. The molecule has 0 aliphatic heterocycles. The molecule has 1 heterocycles. The van der Waals surface area contributed by atoms with Crippen molar-refractivity contribution in [3.63, 3.8) is 0 Å². The second-order valence-electron chi connectivity index (χ2n) is 6.17. The molecule has 5 heteroatoms. The van der Waals surface area contributed by atoms with Crippen molar-refractivity contribution in [2.75, 3.05) is 10.6 Å². The van der Waals surface area contributed by atoms with Gasteiger partial charge < -0.3 is 10.6 Å². The molecule has 25 heavy (non-hydrogen) atoms. The third kappa shape index (κ3) is 4.76. The van der Waals surface area contributed by atoms with E-state index in [2.05, 4.69) is 52.6 Å². The van der Waals surface area contributed by atoms with Crippen molar-refractivity contribution in [3.05, 3.63) is 76.9 Å². The smallest absolute Gasteiger partial charge is 0.136 e. The molecule has 0 aliphatic carbocycles. The molecule has 2 N–H and O–H groups in total. The summed E-state index contributed by atoms with van der Waals surface area (Å²) in [6.07, 6.45) is 0. The second kappa shape index (κ2) is 7.30. The quantitative estimate of drug-likeness (QED) is 0.696. The second-order valence-corrected chi connectivity index (χ2v) is 6.17. The summed E-state index contributed by atoms with van der Waals surface area (Å²) in [4.78, 5) is 8.85. The van der Waals surface area contributed by atoms with Crippen molar-refractivity contribution in [2.45, 2.75) is 27.3 Å². The molecule has 0 aliphatic rings. The zero-order valence-corrected chi connectivity index (χ0v) is 14.6. The predicted octanol–water partition coefficient (Wildman–Crippen LogP) is 4.90. The zero-order valence-electron chi connectivity index (χ0n) is 14.6. The van der Waals surface area contributed by atoms with E-state index in [1.807, 2.05) is 13.0 Å². The topological polar surface area (TPSA) is 49.8 Å². The lowest BCUT2D eigenvalue weighted by Gasteiger charge is -2.11. The van der Waals surface area contributed by atoms with Gasteiger partial charge in [0.1, 0.15) is 23.3 Å². The first kappa shape index (κ1) is 16.9. The molecular weight excluding hydrogens is 315 g/mol. The van der Waals surface area contributed by atoms with Crippen LogP contribution in [0.2, 0.25) is 0 Å². The number of rotatable bonds is 5. The summed E-state index contributed by atoms with van der Waals surface area (Å²) in [5, 5.41) is 6.59. The fourth-order valence-corrected chi connectivity index (χ4v) is 2.71. The fraction of sp³-hybridized carbons (Fsp3) is 0.200. The average molecular weight is 336 g/mol. The monoisotopic (exact) mass is 336 g/mol. The van der Waals surface area contributed by atoms with Gasteiger partial charge in [0.2, 0.25) is 0 Å². The molecule has 4 nitrogen and oxygen atoms in total. The van der Waals surface area contributed by atoms with Crippen LogP contribution in [0.1, 0.15) is 22.5 Å². The number of halogens is 1. The Morgan fingerprint density at radius 1 is 0.840 bits per heavy atom. The van der Waals surface area contributed by atoms with E-state index < -0.39 is 0 Å². The molecule has 0 atom stereocenters. The number of aryl methyl sites for hydroxylation is 3. The van der Waals surface area contributed by atoms with Gasteiger partial charge in [-0.15, -0.1) is 0 Å². The maximum absolute atomic E-state index is 13.0. The van der Waals surface area contributed by atoms with Crippen LogP contribution in [0.5, 0.6) is 0 Å². The number of anilines is 3. The highest BCUT2D eigenvalue weighted by atomic mass is 19.1. The van der Waals surface area contributed by atoms with E-state index in [9.17, 15) is 4.39 Å². The number of benzene rings is 2. The van der Waals surface area contributed by atoms with Gasteiger partial charge in [0, 0.05) is 18.3 Å². The summed E-state index contributed by atoms with van der Waals surface area (Å²) in [6.45, 7) is 6.56. The summed E-state index contributed by atoms with van der Waals surface area (Å²) in [7, 11) is 0. The molecule has 2 aromatic carbocycles. The first-order chi connectivity index (χ1) is 12.0. The minimum Gasteiger partial charge on any atom is -0.366 e. The predicted molar refractivity (Wildman–Crippen MR) is 99.7 cm³/mol. The lowest BCUT2D eigenvalue weighted by atomic mass is 10.1. The van der Waals surface area contributed by atoms with Gasteiger partial charge in [-0.1, -0.05) is 18.2 Å². The molecule has 0 radical (unpaired) electrons. The molecule has 0 unspecified atom stereocenters. The van der Waals surface area contributed by atoms with Gasteiger partial charge >= 0.3 is 0 Å². The van der Waals surface area contributed by atoms with Gasteiger partial charge in [-0.05, 0) is 61.7 Å². The van der Waals surface area contributed by atoms with Crippen LogP contribution in [0.15, 0.2) is 48.5 Å². The Bertz CT molecular complexity index is 855. The number of aromatic nitrogens is 2. The van der Waals surface area contributed by atoms with E-state index in [1.54, 1.807) is 12.1 Å². The molecule has 3 rings (SSSR count). The molecule has 0 amide bonds. The molecular formula is C20H21FN4. The van der Waals surface area contributed by atoms with E-state index >= 15 is 0 Å². The minimum absolute atomic E-state index is 0.235. The fourth-order valence-electron chi connectivity index (χ4n) is 2.71. The van der Waals surface area contributed by atoms with Gasteiger partial charge in [0.05, 0.1) is 0 Å². The third-order valence-electron chi connectivity index (χ3n) is 3.72. The van der Waals surface area contributed by atoms with Gasteiger partial charge in [-0.3, -0.25) is 0 Å². The Morgan fingerprint density at radius 2 is 1.48 bits per heavy atom. The maximum Gasteiger partial charge on any atom is 0.136 e. The lowest BCUT2D eigenvalue weighted by molar-refractivity contribution is 0.627. The van der Waals surface area contributed by atoms with Gasteiger partial charge in [-0.2, -0.15) is 0 Å². The number of nitrogens with one attached hydrogen (secondary N) is 2. The number of hydrogen-bond acceptors (Lipinski definition) is 4. The molecule has 0 bridgehead atoms. The molecule has 0 spiro atoms. The zero-order chi connectivity index (χ0) is 17.8. The first-order valence-corrected chi connectivity index (χ1v) is 8.17. The van der Waals surface area contributed by atoms with Crippen LogP contribution in [0.4, 0.5) is 21.7 Å². The van der Waals surface area contributed by atoms with E-state index in [0.29, 0.717) is 12.4 Å². The summed E-state index contributed by atoms with van der Waals surface area (Å²) in [6, 6.07) is 14.6. The van der Waals surface area contributed by atoms with E-state index in [1.165, 1.54) is 23.3 Å². The highest BCUT2D eigenvalue weighted by molar-refractivity contribution is 5.60. The van der Waals surface area contributed by atoms with Crippen LogP contribution in [0, 0.1) is 26.6 Å². The Kier molecular flexibility index (Phi) is 4.93. The third-order valence-corrected chi connectivity index (χ3v) is 3.72. The molecule has 0 saturated heterocycles. The van der Waals surface area contributed by atoms with E-state index in [4.69, 9.17) is 0 Å². The van der Waals surface area contributed by atoms with Crippen LogP contribution < -0.4 is 10.6 Å². The summed E-state index contributed by atoms with van der Waals surface area (Å²) in [5.41, 5.74) is 4.38. The van der Waals surface area contributed by atoms with Crippen molar-refractivity contribution >= 4 is 17.3 Å². The molecule has 0 fully saturated rings. The maximum atomic E-state index is 13.0. The highest BCUT2D eigenvalue weighted by Gasteiger charge is 2.04. The van der Waals surface area contributed by atoms with Crippen molar-refractivity contribution < 1.29 is 4.39 Å². The van der Waals surface area contributed by atoms with Crippen LogP contribution in [-0.4, -0.2) is 9.97 Å². The van der Waals surface area contributed by atoms with Crippen molar-refractivity contribution in [2.24, 2.45) is 0 Å². The van der Waals surface area contributed by atoms with Gasteiger partial charge in [0.15, 0.2) is 0 Å². The molecule has 0 saturated carbocycles. The molecule has 1 aromatic heterocycles. The Balaban J connectivity index is 1.74. The summed E-state index contributed by atoms with van der Waals surface area (Å²) >= 11 is 0. The van der Waals surface area contributed by atoms with Crippen molar-refractivity contribution in [3.8, 4) is 0 Å². The van der Waals surface area contributed by atoms with E-state index in [-0.39, 0.29) is 5.82 Å². The Hall–Kier alpha value is -2.95. The van der Waals surface area contributed by atoms with Crippen molar-refractivity contribution in [1.82, 2.24) is 9.97 Å². The van der Waals surface area contributed by atoms with Gasteiger partial charge in [0.25, 0.3) is 0 Å². The van der Waals surface area contributed by atoms with Crippen LogP contribution in [0.25, 0.3) is 0 Å². The number of hydrogen-bond donors (Lipinski definition) is 2. The minimum atomic E-state index is -0.235. The average Bonchev–Trinajstić information content (AvgIpc) is 2.53. The van der Waals surface area contributed by atoms with Crippen molar-refractivity contribution in [1.29, 1.82) is 0 Å². The lowest BCUT2D eigenvalue weighted by Crippen LogP contribution is -2.05. The van der Waals surface area contributed by atoms with Crippen LogP contribution >= 0.6 is 0 Å². The molecule has 128 valence electrons. The Labute approximate surface area is 147 Å². The first-order valence-electron chi connectivity index (χ1n) is 8.17. The standard InChI is InChI=1S/C20H21FN4/c1-13-8-14(2)10-18(9-13)25-20-11-19(23-15(3)24-20)22-12-16-4-6-17(21)7-5-16/h4-11H,12H2,1-3H3,(H2,22,23,24,25).